The van der Waals surface area contributed by atoms with E-state index in [2.05, 4.69) is 30.3 Å². The van der Waals surface area contributed by atoms with Gasteiger partial charge in [0.25, 0.3) is 0 Å². The number of rotatable bonds is 9. The van der Waals surface area contributed by atoms with E-state index < -0.39 is 42.3 Å². The zero-order valence-electron chi connectivity index (χ0n) is 23.7. The highest BCUT2D eigenvalue weighted by molar-refractivity contribution is 7.21. The fourth-order valence-corrected chi connectivity index (χ4v) is 6.27. The number of aliphatic hydroxyl groups is 3. The van der Waals surface area contributed by atoms with Crippen LogP contribution in [0.1, 0.15) is 36.3 Å². The van der Waals surface area contributed by atoms with Crippen LogP contribution in [-0.2, 0) is 0 Å². The number of fused-ring (bicyclic) bond motifs is 1. The summed E-state index contributed by atoms with van der Waals surface area (Å²) in [6, 6.07) is 4.88. The topological polar surface area (TPSA) is 155 Å². The standard InChI is InChI=1S/C28H31F3N6O5S/c1-12(15-5-6-18(41-4)19(10-15)42-28(29,30)31)33-27-34-13(2)21(26-36-22-14(3)32-8-7-20(22)43-26)25(37-27)35-17-9-16(11-38)23(39)24(17)40/h5-8,10,12,16-17,23-24,38-40H,9,11H2,1-4H3,(H2,33,34,35,37)/t12-,16-,17-,23-,24+/m1/s1. The number of aromatic nitrogens is 4. The summed E-state index contributed by atoms with van der Waals surface area (Å²) in [6.45, 7) is 5.07. The molecule has 3 heterocycles. The van der Waals surface area contributed by atoms with Crippen molar-refractivity contribution >= 4 is 33.3 Å². The van der Waals surface area contributed by atoms with E-state index >= 15 is 0 Å². The Labute approximate surface area is 248 Å². The molecule has 0 radical (unpaired) electrons. The number of alkyl halides is 3. The average molecular weight is 621 g/mol. The van der Waals surface area contributed by atoms with Crippen molar-refractivity contribution in [2.24, 2.45) is 5.92 Å². The molecule has 0 spiro atoms. The van der Waals surface area contributed by atoms with Crippen molar-refractivity contribution in [3.05, 3.63) is 47.4 Å². The number of pyridine rings is 1. The average Bonchev–Trinajstić information content (AvgIpc) is 3.49. The summed E-state index contributed by atoms with van der Waals surface area (Å²) >= 11 is 1.42. The third kappa shape index (κ3) is 6.44. The molecule has 0 amide bonds. The quantitative estimate of drug-likeness (QED) is 0.181. The highest BCUT2D eigenvalue weighted by Crippen LogP contribution is 2.39. The fourth-order valence-electron chi connectivity index (χ4n) is 5.16. The van der Waals surface area contributed by atoms with Gasteiger partial charge in [0.2, 0.25) is 5.95 Å². The van der Waals surface area contributed by atoms with Crippen molar-refractivity contribution in [1.29, 1.82) is 0 Å². The fraction of sp³-hybridized carbons (Fsp3) is 0.429. The monoisotopic (exact) mass is 620 g/mol. The minimum absolute atomic E-state index is 0.0732. The Morgan fingerprint density at radius 1 is 1.07 bits per heavy atom. The van der Waals surface area contributed by atoms with Gasteiger partial charge in [-0.1, -0.05) is 6.07 Å². The van der Waals surface area contributed by atoms with Crippen molar-refractivity contribution in [2.45, 2.75) is 57.8 Å². The molecule has 0 unspecified atom stereocenters. The molecule has 1 saturated carbocycles. The molecule has 0 aliphatic heterocycles. The van der Waals surface area contributed by atoms with Gasteiger partial charge in [-0.15, -0.1) is 24.5 Å². The summed E-state index contributed by atoms with van der Waals surface area (Å²) in [5.74, 6) is -0.579. The smallest absolute Gasteiger partial charge is 0.493 e. The first-order chi connectivity index (χ1) is 20.4. The summed E-state index contributed by atoms with van der Waals surface area (Å²) in [5.41, 5.74) is 3.07. The van der Waals surface area contributed by atoms with Crippen LogP contribution in [0.2, 0.25) is 0 Å². The first kappa shape index (κ1) is 30.7. The number of ether oxygens (including phenoxy) is 2. The van der Waals surface area contributed by atoms with Gasteiger partial charge >= 0.3 is 6.36 Å². The number of aryl methyl sites for hydroxylation is 2. The molecule has 0 bridgehead atoms. The number of halogens is 3. The zero-order chi connectivity index (χ0) is 31.1. The normalized spacial score (nSPS) is 21.2. The maximum Gasteiger partial charge on any atom is 0.573 e. The van der Waals surface area contributed by atoms with Crippen molar-refractivity contribution in [2.75, 3.05) is 24.4 Å². The molecule has 15 heteroatoms. The lowest BCUT2D eigenvalue weighted by Gasteiger charge is -2.22. The Balaban J connectivity index is 1.52. The molecule has 1 fully saturated rings. The molecule has 5 N–H and O–H groups in total. The maximum atomic E-state index is 13.0. The van der Waals surface area contributed by atoms with E-state index in [1.807, 2.05) is 13.0 Å². The van der Waals surface area contributed by atoms with Gasteiger partial charge in [0, 0.05) is 18.7 Å². The summed E-state index contributed by atoms with van der Waals surface area (Å²) in [4.78, 5) is 18.4. The predicted octanol–water partition coefficient (Wildman–Crippen LogP) is 4.36. The minimum Gasteiger partial charge on any atom is -0.493 e. The molecule has 0 saturated heterocycles. The molecule has 5 rings (SSSR count). The van der Waals surface area contributed by atoms with E-state index in [9.17, 15) is 28.5 Å². The van der Waals surface area contributed by atoms with E-state index in [0.29, 0.717) is 27.6 Å². The van der Waals surface area contributed by atoms with Gasteiger partial charge in [0.05, 0.1) is 46.9 Å². The summed E-state index contributed by atoms with van der Waals surface area (Å²) in [5, 5.41) is 37.7. The summed E-state index contributed by atoms with van der Waals surface area (Å²) < 4.78 is 49.0. The number of benzene rings is 1. The number of thiazole rings is 1. The number of aliphatic hydroxyl groups excluding tert-OH is 3. The molecule has 1 aromatic carbocycles. The van der Waals surface area contributed by atoms with Gasteiger partial charge < -0.3 is 35.4 Å². The van der Waals surface area contributed by atoms with Crippen LogP contribution in [0.25, 0.3) is 20.8 Å². The van der Waals surface area contributed by atoms with Gasteiger partial charge in [-0.05, 0) is 51.0 Å². The second-order valence-corrected chi connectivity index (χ2v) is 11.4. The SMILES string of the molecule is COc1ccc([C@@H](C)Nc2nc(C)c(-c3nc4c(C)nccc4s3)c(N[C@@H]3C[C@H](CO)[C@@H](O)[C@H]3O)n2)cc1OC(F)(F)F. The van der Waals surface area contributed by atoms with Crippen LogP contribution < -0.4 is 20.1 Å². The summed E-state index contributed by atoms with van der Waals surface area (Å²) in [6.07, 6.45) is -5.19. The third-order valence-corrected chi connectivity index (χ3v) is 8.45. The van der Waals surface area contributed by atoms with Crippen LogP contribution in [0.15, 0.2) is 30.5 Å². The van der Waals surface area contributed by atoms with E-state index in [-0.39, 0.29) is 24.7 Å². The third-order valence-electron chi connectivity index (χ3n) is 7.41. The second kappa shape index (κ2) is 12.1. The molecular formula is C28H31F3N6O5S. The van der Waals surface area contributed by atoms with Crippen molar-refractivity contribution < 1.29 is 38.0 Å². The van der Waals surface area contributed by atoms with Crippen molar-refractivity contribution in [3.8, 4) is 22.1 Å². The second-order valence-electron chi connectivity index (χ2n) is 10.4. The predicted molar refractivity (Wildman–Crippen MR) is 154 cm³/mol. The Morgan fingerprint density at radius 3 is 2.49 bits per heavy atom. The molecule has 4 aromatic rings. The lowest BCUT2D eigenvalue weighted by Crippen LogP contribution is -2.35. The number of anilines is 2. The molecule has 43 heavy (non-hydrogen) atoms. The number of hydrogen-bond acceptors (Lipinski definition) is 12. The Kier molecular flexibility index (Phi) is 8.61. The van der Waals surface area contributed by atoms with E-state index in [4.69, 9.17) is 9.72 Å². The highest BCUT2D eigenvalue weighted by Gasteiger charge is 2.41. The number of nitrogens with zero attached hydrogens (tertiary/aromatic N) is 4. The van der Waals surface area contributed by atoms with Gasteiger partial charge in [-0.25, -0.2) is 9.97 Å². The maximum absolute atomic E-state index is 13.0. The molecule has 1 aliphatic carbocycles. The minimum atomic E-state index is -4.90. The molecule has 230 valence electrons. The largest absolute Gasteiger partial charge is 0.573 e. The lowest BCUT2D eigenvalue weighted by molar-refractivity contribution is -0.275. The van der Waals surface area contributed by atoms with Crippen molar-refractivity contribution in [3.63, 3.8) is 0 Å². The van der Waals surface area contributed by atoms with Crippen LogP contribution in [0.5, 0.6) is 11.5 Å². The number of hydrogen-bond donors (Lipinski definition) is 5. The van der Waals surface area contributed by atoms with E-state index in [1.165, 1.54) is 30.6 Å². The Hall–Kier alpha value is -3.79. The van der Waals surface area contributed by atoms with Crippen LogP contribution in [0.4, 0.5) is 24.9 Å². The summed E-state index contributed by atoms with van der Waals surface area (Å²) in [7, 11) is 1.25. The number of nitrogens with one attached hydrogen (secondary N) is 2. The van der Waals surface area contributed by atoms with Crippen LogP contribution in [-0.4, -0.2) is 73.6 Å². The molecule has 11 nitrogen and oxygen atoms in total. The van der Waals surface area contributed by atoms with Gasteiger partial charge in [0.1, 0.15) is 22.4 Å². The van der Waals surface area contributed by atoms with Gasteiger partial charge in [-0.2, -0.15) is 4.98 Å². The highest BCUT2D eigenvalue weighted by atomic mass is 32.1. The van der Waals surface area contributed by atoms with Gasteiger partial charge in [-0.3, -0.25) is 4.98 Å². The lowest BCUT2D eigenvalue weighted by atomic mass is 10.1. The Morgan fingerprint density at radius 2 is 1.84 bits per heavy atom. The van der Waals surface area contributed by atoms with Crippen LogP contribution in [0, 0.1) is 19.8 Å². The molecular weight excluding hydrogens is 589 g/mol. The van der Waals surface area contributed by atoms with E-state index in [1.54, 1.807) is 26.1 Å². The first-order valence-corrected chi connectivity index (χ1v) is 14.2. The molecule has 5 atom stereocenters. The molecule has 1 aliphatic rings. The first-order valence-electron chi connectivity index (χ1n) is 13.4. The van der Waals surface area contributed by atoms with Gasteiger partial charge in [0.15, 0.2) is 11.5 Å². The van der Waals surface area contributed by atoms with Crippen molar-refractivity contribution in [1.82, 2.24) is 19.9 Å². The van der Waals surface area contributed by atoms with Crippen LogP contribution >= 0.6 is 11.3 Å². The number of methoxy groups -OCH3 is 1. The van der Waals surface area contributed by atoms with E-state index in [0.717, 1.165) is 15.9 Å². The Bertz CT molecular complexity index is 1620. The zero-order valence-corrected chi connectivity index (χ0v) is 24.5. The molecule has 3 aromatic heterocycles. The van der Waals surface area contributed by atoms with Crippen LogP contribution in [0.3, 0.4) is 0 Å².